The van der Waals surface area contributed by atoms with Gasteiger partial charge < -0.3 is 5.73 Å². The molecule has 0 aliphatic carbocycles. The predicted molar refractivity (Wildman–Crippen MR) is 93.3 cm³/mol. The van der Waals surface area contributed by atoms with Crippen LogP contribution in [0.5, 0.6) is 0 Å². The summed E-state index contributed by atoms with van der Waals surface area (Å²) >= 11 is 0. The summed E-state index contributed by atoms with van der Waals surface area (Å²) in [6, 6.07) is 8.01. The summed E-state index contributed by atoms with van der Waals surface area (Å²) in [4.78, 5) is 13.1. The summed E-state index contributed by atoms with van der Waals surface area (Å²) in [5.41, 5.74) is 8.77. The third-order valence-corrected chi connectivity index (χ3v) is 4.18. The molecule has 22 heavy (non-hydrogen) atoms. The third kappa shape index (κ3) is 2.58. The van der Waals surface area contributed by atoms with Gasteiger partial charge >= 0.3 is 0 Å². The molecule has 120 valence electrons. The highest BCUT2D eigenvalue weighted by molar-refractivity contribution is 5.76. The van der Waals surface area contributed by atoms with E-state index >= 15 is 0 Å². The molecular weight excluding hydrogens is 274 g/mol. The summed E-state index contributed by atoms with van der Waals surface area (Å²) in [7, 11) is 0. The number of aryl methyl sites for hydroxylation is 1. The Morgan fingerprint density at radius 3 is 2.32 bits per heavy atom. The van der Waals surface area contributed by atoms with Crippen LogP contribution in [0, 0.1) is 6.92 Å². The van der Waals surface area contributed by atoms with Gasteiger partial charge in [0.1, 0.15) is 5.82 Å². The van der Waals surface area contributed by atoms with Crippen molar-refractivity contribution in [2.24, 2.45) is 0 Å². The second-order valence-electron chi connectivity index (χ2n) is 6.96. The number of aromatic nitrogens is 2. The van der Waals surface area contributed by atoms with Crippen LogP contribution in [0.25, 0.3) is 11.1 Å². The molecule has 0 radical (unpaired) electrons. The molecule has 0 amide bonds. The minimum Gasteiger partial charge on any atom is -0.383 e. The normalized spacial score (nSPS) is 13.4. The molecule has 0 aliphatic heterocycles. The lowest BCUT2D eigenvalue weighted by Crippen LogP contribution is -2.35. The molecule has 1 atom stereocenters. The van der Waals surface area contributed by atoms with Gasteiger partial charge in [-0.15, -0.1) is 0 Å². The minimum absolute atomic E-state index is 0.00363. The average Bonchev–Trinajstić information content (AvgIpc) is 2.70. The summed E-state index contributed by atoms with van der Waals surface area (Å²) in [5.74, 6) is 0.548. The second-order valence-corrected chi connectivity index (χ2v) is 6.96. The molecule has 0 saturated heterocycles. The van der Waals surface area contributed by atoms with Crippen molar-refractivity contribution in [2.45, 2.75) is 59.5 Å². The standard InChI is InChI=1S/C18H27N3O/c1-7-13(3)20-17(22)15(14-11-9-8-10-12(14)2)16(19)21(20)18(4,5)6/h8-11,13H,7,19H2,1-6H3. The van der Waals surface area contributed by atoms with E-state index in [4.69, 9.17) is 5.73 Å². The first-order chi connectivity index (χ1) is 10.2. The van der Waals surface area contributed by atoms with Crippen LogP contribution in [-0.2, 0) is 5.54 Å². The zero-order valence-corrected chi connectivity index (χ0v) is 14.5. The Balaban J connectivity index is 2.87. The zero-order valence-electron chi connectivity index (χ0n) is 14.5. The summed E-state index contributed by atoms with van der Waals surface area (Å²) < 4.78 is 3.77. The maximum Gasteiger partial charge on any atom is 0.277 e. The average molecular weight is 301 g/mol. The van der Waals surface area contributed by atoms with Crippen LogP contribution in [0.4, 0.5) is 5.82 Å². The number of benzene rings is 1. The molecule has 0 bridgehead atoms. The minimum atomic E-state index is -0.256. The molecule has 0 fully saturated rings. The van der Waals surface area contributed by atoms with E-state index in [9.17, 15) is 4.79 Å². The predicted octanol–water partition coefficient (Wildman–Crippen LogP) is 3.93. The van der Waals surface area contributed by atoms with E-state index in [2.05, 4.69) is 34.6 Å². The van der Waals surface area contributed by atoms with Crippen molar-refractivity contribution >= 4 is 5.82 Å². The Hall–Kier alpha value is -1.97. The van der Waals surface area contributed by atoms with Crippen molar-refractivity contribution in [3.05, 3.63) is 40.2 Å². The maximum absolute atomic E-state index is 13.1. The van der Waals surface area contributed by atoms with Gasteiger partial charge in [0.15, 0.2) is 0 Å². The molecule has 4 heteroatoms. The molecule has 1 heterocycles. The molecule has 2 aromatic rings. The van der Waals surface area contributed by atoms with Crippen LogP contribution < -0.4 is 11.3 Å². The first kappa shape index (κ1) is 16.4. The van der Waals surface area contributed by atoms with Crippen molar-refractivity contribution in [3.8, 4) is 11.1 Å². The molecule has 0 saturated carbocycles. The van der Waals surface area contributed by atoms with Crippen molar-refractivity contribution < 1.29 is 0 Å². The molecule has 1 aromatic heterocycles. The molecule has 2 rings (SSSR count). The van der Waals surface area contributed by atoms with Gasteiger partial charge in [-0.2, -0.15) is 0 Å². The van der Waals surface area contributed by atoms with Crippen LogP contribution >= 0.6 is 0 Å². The number of nitrogen functional groups attached to an aromatic ring is 1. The van der Waals surface area contributed by atoms with E-state index in [1.807, 2.05) is 40.6 Å². The van der Waals surface area contributed by atoms with Crippen molar-refractivity contribution in [2.75, 3.05) is 5.73 Å². The van der Waals surface area contributed by atoms with E-state index in [0.717, 1.165) is 17.5 Å². The fourth-order valence-electron chi connectivity index (χ4n) is 2.90. The first-order valence-electron chi connectivity index (χ1n) is 7.89. The van der Waals surface area contributed by atoms with Gasteiger partial charge in [0.25, 0.3) is 5.56 Å². The molecular formula is C18H27N3O. The Kier molecular flexibility index (Phi) is 4.23. The van der Waals surface area contributed by atoms with Gasteiger partial charge in [-0.25, -0.2) is 4.68 Å². The highest BCUT2D eigenvalue weighted by Crippen LogP contribution is 2.31. The number of hydrogen-bond donors (Lipinski definition) is 1. The Morgan fingerprint density at radius 2 is 1.82 bits per heavy atom. The molecule has 1 unspecified atom stereocenters. The van der Waals surface area contributed by atoms with E-state index in [1.54, 1.807) is 0 Å². The second kappa shape index (κ2) is 5.67. The fraction of sp³-hybridized carbons (Fsp3) is 0.500. The van der Waals surface area contributed by atoms with Crippen LogP contribution in [0.2, 0.25) is 0 Å². The Labute approximate surface area is 132 Å². The Bertz CT molecular complexity index is 732. The SMILES string of the molecule is CCC(C)n1c(=O)c(-c2ccccc2C)c(N)n1C(C)(C)C. The van der Waals surface area contributed by atoms with Crippen LogP contribution in [0.3, 0.4) is 0 Å². The molecule has 1 aromatic carbocycles. The monoisotopic (exact) mass is 301 g/mol. The lowest BCUT2D eigenvalue weighted by Gasteiger charge is -2.28. The third-order valence-electron chi connectivity index (χ3n) is 4.18. The number of hydrogen-bond acceptors (Lipinski definition) is 2. The smallest absolute Gasteiger partial charge is 0.277 e. The van der Waals surface area contributed by atoms with Gasteiger partial charge in [0.2, 0.25) is 0 Å². The van der Waals surface area contributed by atoms with Crippen molar-refractivity contribution in [3.63, 3.8) is 0 Å². The first-order valence-corrected chi connectivity index (χ1v) is 7.89. The van der Waals surface area contributed by atoms with Gasteiger partial charge in [-0.1, -0.05) is 31.2 Å². The highest BCUT2D eigenvalue weighted by Gasteiger charge is 2.28. The van der Waals surface area contributed by atoms with Crippen molar-refractivity contribution in [1.82, 2.24) is 9.36 Å². The maximum atomic E-state index is 13.1. The van der Waals surface area contributed by atoms with Gasteiger partial charge in [-0.3, -0.25) is 9.48 Å². The number of rotatable bonds is 3. The number of anilines is 1. The fourth-order valence-corrected chi connectivity index (χ4v) is 2.90. The lowest BCUT2D eigenvalue weighted by atomic mass is 10.0. The molecule has 4 nitrogen and oxygen atoms in total. The van der Waals surface area contributed by atoms with E-state index in [1.165, 1.54) is 0 Å². The summed E-state index contributed by atoms with van der Waals surface area (Å²) in [6.07, 6.45) is 0.882. The molecule has 0 aliphatic rings. The molecule has 2 N–H and O–H groups in total. The van der Waals surface area contributed by atoms with Crippen LogP contribution in [-0.4, -0.2) is 9.36 Å². The summed E-state index contributed by atoms with van der Waals surface area (Å²) in [5, 5.41) is 0. The van der Waals surface area contributed by atoms with Gasteiger partial charge in [-0.05, 0) is 52.2 Å². The number of nitrogens with zero attached hydrogens (tertiary/aromatic N) is 2. The highest BCUT2D eigenvalue weighted by atomic mass is 16.1. The topological polar surface area (TPSA) is 52.9 Å². The Morgan fingerprint density at radius 1 is 1.23 bits per heavy atom. The van der Waals surface area contributed by atoms with E-state index in [-0.39, 0.29) is 17.1 Å². The number of nitrogens with two attached hydrogens (primary N) is 1. The summed E-state index contributed by atoms with van der Waals surface area (Å²) in [6.45, 7) is 12.4. The lowest BCUT2D eigenvalue weighted by molar-refractivity contribution is 0.265. The van der Waals surface area contributed by atoms with E-state index in [0.29, 0.717) is 11.4 Å². The van der Waals surface area contributed by atoms with Gasteiger partial charge in [0.05, 0.1) is 17.1 Å². The van der Waals surface area contributed by atoms with E-state index < -0.39 is 0 Å². The van der Waals surface area contributed by atoms with Gasteiger partial charge in [0, 0.05) is 0 Å². The largest absolute Gasteiger partial charge is 0.383 e. The van der Waals surface area contributed by atoms with Crippen LogP contribution in [0.15, 0.2) is 29.1 Å². The van der Waals surface area contributed by atoms with Crippen LogP contribution in [0.1, 0.15) is 52.6 Å². The van der Waals surface area contributed by atoms with Crippen molar-refractivity contribution in [1.29, 1.82) is 0 Å². The molecule has 0 spiro atoms. The quantitative estimate of drug-likeness (QED) is 0.933. The zero-order chi connectivity index (χ0) is 16.7.